The van der Waals surface area contributed by atoms with Crippen LogP contribution >= 0.6 is 35.3 Å². The van der Waals surface area contributed by atoms with Gasteiger partial charge >= 0.3 is 0 Å². The van der Waals surface area contributed by atoms with Crippen molar-refractivity contribution in [2.45, 2.75) is 58.9 Å². The zero-order chi connectivity index (χ0) is 18.3. The molecular weight excluding hydrogens is 457 g/mol. The molecule has 5 nitrogen and oxygen atoms in total. The molecule has 1 fully saturated rings. The van der Waals surface area contributed by atoms with Crippen LogP contribution in [-0.4, -0.2) is 49.1 Å². The van der Waals surface area contributed by atoms with Crippen LogP contribution in [0.2, 0.25) is 0 Å². The number of hydrogen-bond donors (Lipinski definition) is 2. The number of guanidine groups is 1. The lowest BCUT2D eigenvalue weighted by Crippen LogP contribution is -2.39. The molecule has 0 saturated carbocycles. The van der Waals surface area contributed by atoms with Crippen LogP contribution in [0.3, 0.4) is 0 Å². The van der Waals surface area contributed by atoms with E-state index in [9.17, 15) is 0 Å². The molecule has 0 atom stereocenters. The van der Waals surface area contributed by atoms with E-state index in [1.807, 2.05) is 7.05 Å². The van der Waals surface area contributed by atoms with E-state index in [2.05, 4.69) is 53.6 Å². The lowest BCUT2D eigenvalue weighted by molar-refractivity contribution is 0.191. The summed E-state index contributed by atoms with van der Waals surface area (Å²) in [6, 6.07) is 0. The Morgan fingerprint density at radius 2 is 2.00 bits per heavy atom. The summed E-state index contributed by atoms with van der Waals surface area (Å²) in [6.45, 7) is 14.3. The van der Waals surface area contributed by atoms with E-state index in [-0.39, 0.29) is 29.4 Å². The summed E-state index contributed by atoms with van der Waals surface area (Å²) >= 11 is 1.71. The molecule has 0 unspecified atom stereocenters. The second kappa shape index (κ2) is 11.4. The van der Waals surface area contributed by atoms with E-state index in [1.165, 1.54) is 32.5 Å². The standard InChI is InChI=1S/C19H35N5S.HI/c1-15-7-11-24(12-8-15)10-6-9-21-18(20-5)22-13-17-23-16(14-25-17)19(2,3)4;/h14-15H,6-13H2,1-5H3,(H2,20,21,22);1H. The van der Waals surface area contributed by atoms with Crippen LogP contribution in [0, 0.1) is 5.92 Å². The van der Waals surface area contributed by atoms with Gasteiger partial charge in [-0.25, -0.2) is 4.98 Å². The lowest BCUT2D eigenvalue weighted by Gasteiger charge is -2.30. The Kier molecular flexibility index (Phi) is 10.4. The average molecular weight is 494 g/mol. The first-order valence-electron chi connectivity index (χ1n) is 9.50. The molecule has 1 aliphatic rings. The Hall–Kier alpha value is -0.410. The summed E-state index contributed by atoms with van der Waals surface area (Å²) in [5.41, 5.74) is 1.27. The number of aliphatic imine (C=N–C) groups is 1. The number of nitrogens with zero attached hydrogens (tertiary/aromatic N) is 3. The van der Waals surface area contributed by atoms with Crippen LogP contribution < -0.4 is 10.6 Å². The van der Waals surface area contributed by atoms with Crippen molar-refractivity contribution in [1.29, 1.82) is 0 Å². The minimum atomic E-state index is 0. The highest BCUT2D eigenvalue weighted by Gasteiger charge is 2.17. The molecule has 2 heterocycles. The molecule has 0 spiro atoms. The number of aromatic nitrogens is 1. The highest BCUT2D eigenvalue weighted by molar-refractivity contribution is 14.0. The summed E-state index contributed by atoms with van der Waals surface area (Å²) in [5.74, 6) is 1.77. The van der Waals surface area contributed by atoms with Crippen LogP contribution in [0.25, 0.3) is 0 Å². The van der Waals surface area contributed by atoms with Gasteiger partial charge in [0.2, 0.25) is 0 Å². The predicted octanol–water partition coefficient (Wildman–Crippen LogP) is 3.85. The number of thiazole rings is 1. The molecule has 26 heavy (non-hydrogen) atoms. The first kappa shape index (κ1) is 23.6. The molecule has 7 heteroatoms. The molecule has 1 aromatic rings. The van der Waals surface area contributed by atoms with Gasteiger partial charge < -0.3 is 15.5 Å². The maximum Gasteiger partial charge on any atom is 0.191 e. The van der Waals surface area contributed by atoms with Crippen molar-refractivity contribution in [1.82, 2.24) is 20.5 Å². The second-order valence-corrected chi connectivity index (χ2v) is 9.05. The fourth-order valence-corrected chi connectivity index (χ4v) is 3.87. The van der Waals surface area contributed by atoms with Crippen LogP contribution in [-0.2, 0) is 12.0 Å². The minimum Gasteiger partial charge on any atom is -0.356 e. The van der Waals surface area contributed by atoms with Gasteiger partial charge in [0.05, 0.1) is 12.2 Å². The Morgan fingerprint density at radius 1 is 1.31 bits per heavy atom. The van der Waals surface area contributed by atoms with Crippen LogP contribution in [0.5, 0.6) is 0 Å². The fourth-order valence-electron chi connectivity index (χ4n) is 2.91. The van der Waals surface area contributed by atoms with Gasteiger partial charge in [-0.05, 0) is 44.8 Å². The molecule has 0 radical (unpaired) electrons. The van der Waals surface area contributed by atoms with E-state index >= 15 is 0 Å². The van der Waals surface area contributed by atoms with Crippen molar-refractivity contribution >= 4 is 41.3 Å². The maximum atomic E-state index is 4.72. The van der Waals surface area contributed by atoms with E-state index in [1.54, 1.807) is 11.3 Å². The third-order valence-electron chi connectivity index (χ3n) is 4.77. The molecule has 0 aromatic carbocycles. The maximum absolute atomic E-state index is 4.72. The first-order chi connectivity index (χ1) is 11.9. The summed E-state index contributed by atoms with van der Waals surface area (Å²) < 4.78 is 0. The van der Waals surface area contributed by atoms with E-state index < -0.39 is 0 Å². The van der Waals surface area contributed by atoms with Crippen LogP contribution in [0.15, 0.2) is 10.4 Å². The number of piperidine rings is 1. The quantitative estimate of drug-likeness (QED) is 0.274. The molecule has 0 aliphatic carbocycles. The summed E-state index contributed by atoms with van der Waals surface area (Å²) in [6.07, 6.45) is 3.85. The first-order valence-corrected chi connectivity index (χ1v) is 10.4. The van der Waals surface area contributed by atoms with E-state index in [0.717, 1.165) is 42.1 Å². The molecule has 1 aliphatic heterocycles. The number of halogens is 1. The van der Waals surface area contributed by atoms with Gasteiger partial charge in [0.25, 0.3) is 0 Å². The number of likely N-dealkylation sites (tertiary alicyclic amines) is 1. The van der Waals surface area contributed by atoms with Gasteiger partial charge in [-0.1, -0.05) is 27.7 Å². The van der Waals surface area contributed by atoms with E-state index in [0.29, 0.717) is 0 Å². The normalized spacial score (nSPS) is 17.0. The van der Waals surface area contributed by atoms with Gasteiger partial charge in [0.1, 0.15) is 5.01 Å². The Bertz CT molecular complexity index is 544. The number of nitrogens with one attached hydrogen (secondary N) is 2. The number of rotatable bonds is 6. The van der Waals surface area contributed by atoms with Gasteiger partial charge in [0.15, 0.2) is 5.96 Å². The molecule has 2 N–H and O–H groups in total. The Morgan fingerprint density at radius 3 is 2.58 bits per heavy atom. The summed E-state index contributed by atoms with van der Waals surface area (Å²) in [4.78, 5) is 11.6. The Balaban J connectivity index is 0.00000338. The fraction of sp³-hybridized carbons (Fsp3) is 0.789. The minimum absolute atomic E-state index is 0. The molecule has 150 valence electrons. The molecule has 0 bridgehead atoms. The van der Waals surface area contributed by atoms with Gasteiger partial charge in [0, 0.05) is 24.4 Å². The van der Waals surface area contributed by atoms with Crippen molar-refractivity contribution in [3.63, 3.8) is 0 Å². The molecule has 0 amide bonds. The third kappa shape index (κ3) is 8.08. The third-order valence-corrected chi connectivity index (χ3v) is 5.62. The van der Waals surface area contributed by atoms with Crippen molar-refractivity contribution in [3.05, 3.63) is 16.1 Å². The summed E-state index contributed by atoms with van der Waals surface area (Å²) in [7, 11) is 1.82. The highest BCUT2D eigenvalue weighted by atomic mass is 127. The Labute approximate surface area is 180 Å². The van der Waals surface area contributed by atoms with Crippen LogP contribution in [0.4, 0.5) is 0 Å². The monoisotopic (exact) mass is 493 g/mol. The average Bonchev–Trinajstić information content (AvgIpc) is 3.05. The molecule has 2 rings (SSSR count). The van der Waals surface area contributed by atoms with Gasteiger partial charge in [-0.2, -0.15) is 0 Å². The zero-order valence-corrected chi connectivity index (χ0v) is 20.1. The van der Waals surface area contributed by atoms with Crippen molar-refractivity contribution in [2.24, 2.45) is 10.9 Å². The smallest absolute Gasteiger partial charge is 0.191 e. The predicted molar refractivity (Wildman–Crippen MR) is 124 cm³/mol. The van der Waals surface area contributed by atoms with Crippen molar-refractivity contribution < 1.29 is 0 Å². The van der Waals surface area contributed by atoms with Gasteiger partial charge in [-0.15, -0.1) is 35.3 Å². The van der Waals surface area contributed by atoms with Gasteiger partial charge in [-0.3, -0.25) is 4.99 Å². The molecule has 1 saturated heterocycles. The highest BCUT2D eigenvalue weighted by Crippen LogP contribution is 2.23. The van der Waals surface area contributed by atoms with Crippen LogP contribution in [0.1, 0.15) is 57.7 Å². The summed E-state index contributed by atoms with van der Waals surface area (Å²) in [5, 5.41) is 10.0. The van der Waals surface area contributed by atoms with Crippen molar-refractivity contribution in [3.8, 4) is 0 Å². The number of hydrogen-bond acceptors (Lipinski definition) is 4. The second-order valence-electron chi connectivity index (χ2n) is 8.11. The molecular formula is C19H36IN5S. The lowest BCUT2D eigenvalue weighted by atomic mass is 9.93. The largest absolute Gasteiger partial charge is 0.356 e. The SMILES string of the molecule is CN=C(NCCCN1CCC(C)CC1)NCc1nc(C(C)(C)C)cs1.I. The van der Waals surface area contributed by atoms with E-state index in [4.69, 9.17) is 4.98 Å². The topological polar surface area (TPSA) is 52.6 Å². The van der Waals surface area contributed by atoms with Crippen molar-refractivity contribution in [2.75, 3.05) is 33.2 Å². The molecule has 1 aromatic heterocycles. The zero-order valence-electron chi connectivity index (χ0n) is 17.0.